The molecule has 4 heteroatoms. The summed E-state index contributed by atoms with van der Waals surface area (Å²) in [5.74, 6) is -0.195. The molecule has 1 N–H and O–H groups in total. The summed E-state index contributed by atoms with van der Waals surface area (Å²) in [6.45, 7) is 5.45. The van der Waals surface area contributed by atoms with Crippen molar-refractivity contribution in [2.45, 2.75) is 33.0 Å². The van der Waals surface area contributed by atoms with Crippen LogP contribution in [0, 0.1) is 5.82 Å². The van der Waals surface area contributed by atoms with Crippen LogP contribution in [0.15, 0.2) is 41.2 Å². The SMILES string of the molecule is CC(C)NCc1ccc(N(C)Cc2ccoc2)c(F)c1. The Morgan fingerprint density at radius 1 is 1.25 bits per heavy atom. The van der Waals surface area contributed by atoms with Gasteiger partial charge < -0.3 is 14.6 Å². The normalized spacial score (nSPS) is 11.1. The van der Waals surface area contributed by atoms with Crippen LogP contribution >= 0.6 is 0 Å². The summed E-state index contributed by atoms with van der Waals surface area (Å²) in [7, 11) is 1.87. The molecule has 0 fully saturated rings. The van der Waals surface area contributed by atoms with E-state index in [9.17, 15) is 4.39 Å². The molecule has 0 unspecified atom stereocenters. The summed E-state index contributed by atoms with van der Waals surface area (Å²) in [4.78, 5) is 1.87. The molecule has 0 saturated carbocycles. The number of anilines is 1. The lowest BCUT2D eigenvalue weighted by molar-refractivity contribution is 0.563. The summed E-state index contributed by atoms with van der Waals surface area (Å²) in [5, 5.41) is 3.28. The second-order valence-corrected chi connectivity index (χ2v) is 5.31. The van der Waals surface area contributed by atoms with Crippen LogP contribution in [-0.4, -0.2) is 13.1 Å². The number of halogens is 1. The van der Waals surface area contributed by atoms with Gasteiger partial charge in [0, 0.05) is 31.7 Å². The van der Waals surface area contributed by atoms with Gasteiger partial charge >= 0.3 is 0 Å². The minimum atomic E-state index is -0.195. The van der Waals surface area contributed by atoms with Crippen LogP contribution in [0.4, 0.5) is 10.1 Å². The first-order chi connectivity index (χ1) is 9.56. The first kappa shape index (κ1) is 14.6. The van der Waals surface area contributed by atoms with Gasteiger partial charge in [-0.05, 0) is 23.8 Å². The molecule has 1 aromatic heterocycles. The number of hydrogen-bond acceptors (Lipinski definition) is 3. The molecule has 0 spiro atoms. The molecule has 0 aliphatic carbocycles. The van der Waals surface area contributed by atoms with E-state index in [2.05, 4.69) is 19.2 Å². The molecule has 0 radical (unpaired) electrons. The molecule has 0 aliphatic rings. The highest BCUT2D eigenvalue weighted by Gasteiger charge is 2.09. The fraction of sp³-hybridized carbons (Fsp3) is 0.375. The topological polar surface area (TPSA) is 28.4 Å². The van der Waals surface area contributed by atoms with Crippen molar-refractivity contribution in [2.24, 2.45) is 0 Å². The molecule has 0 amide bonds. The largest absolute Gasteiger partial charge is 0.472 e. The molecule has 0 atom stereocenters. The lowest BCUT2D eigenvalue weighted by atomic mass is 10.1. The Labute approximate surface area is 119 Å². The summed E-state index contributed by atoms with van der Waals surface area (Å²) in [6, 6.07) is 7.65. The zero-order chi connectivity index (χ0) is 14.5. The van der Waals surface area contributed by atoms with Gasteiger partial charge in [-0.1, -0.05) is 19.9 Å². The van der Waals surface area contributed by atoms with E-state index in [0.29, 0.717) is 24.8 Å². The van der Waals surface area contributed by atoms with Crippen LogP contribution in [0.25, 0.3) is 0 Å². The van der Waals surface area contributed by atoms with Crippen molar-refractivity contribution >= 4 is 5.69 Å². The minimum absolute atomic E-state index is 0.195. The molecule has 0 aliphatic heterocycles. The highest BCUT2D eigenvalue weighted by molar-refractivity contribution is 5.48. The highest BCUT2D eigenvalue weighted by Crippen LogP contribution is 2.21. The third-order valence-corrected chi connectivity index (χ3v) is 3.14. The third-order valence-electron chi connectivity index (χ3n) is 3.14. The number of furan rings is 1. The lowest BCUT2D eigenvalue weighted by Gasteiger charge is -2.20. The second kappa shape index (κ2) is 6.57. The van der Waals surface area contributed by atoms with E-state index in [-0.39, 0.29) is 5.82 Å². The average molecular weight is 276 g/mol. The molecular formula is C16H21FN2O. The Kier molecular flexibility index (Phi) is 4.79. The molecule has 108 valence electrons. The molecule has 2 aromatic rings. The molecule has 2 rings (SSSR count). The summed E-state index contributed by atoms with van der Waals surface area (Å²) >= 11 is 0. The van der Waals surface area contributed by atoms with Gasteiger partial charge in [-0.15, -0.1) is 0 Å². The van der Waals surface area contributed by atoms with Crippen molar-refractivity contribution in [1.29, 1.82) is 0 Å². The van der Waals surface area contributed by atoms with E-state index >= 15 is 0 Å². The molecular weight excluding hydrogens is 255 g/mol. The summed E-state index contributed by atoms with van der Waals surface area (Å²) in [6.07, 6.45) is 3.30. The Balaban J connectivity index is 2.05. The van der Waals surface area contributed by atoms with E-state index in [1.54, 1.807) is 18.6 Å². The van der Waals surface area contributed by atoms with Crippen molar-refractivity contribution in [1.82, 2.24) is 5.32 Å². The van der Waals surface area contributed by atoms with E-state index in [4.69, 9.17) is 4.42 Å². The Hall–Kier alpha value is -1.81. The van der Waals surface area contributed by atoms with Crippen LogP contribution in [0.5, 0.6) is 0 Å². The van der Waals surface area contributed by atoms with Gasteiger partial charge in [0.25, 0.3) is 0 Å². The second-order valence-electron chi connectivity index (χ2n) is 5.31. The minimum Gasteiger partial charge on any atom is -0.472 e. The molecule has 1 aromatic carbocycles. The van der Waals surface area contributed by atoms with Gasteiger partial charge in [0.1, 0.15) is 5.82 Å². The number of nitrogens with zero attached hydrogens (tertiary/aromatic N) is 1. The number of nitrogens with one attached hydrogen (secondary N) is 1. The monoisotopic (exact) mass is 276 g/mol. The molecule has 0 saturated heterocycles. The van der Waals surface area contributed by atoms with E-state index in [1.807, 2.05) is 30.1 Å². The quantitative estimate of drug-likeness (QED) is 0.874. The number of benzene rings is 1. The van der Waals surface area contributed by atoms with Gasteiger partial charge in [0.05, 0.1) is 18.2 Å². The fourth-order valence-corrected chi connectivity index (χ4v) is 2.03. The lowest BCUT2D eigenvalue weighted by Crippen LogP contribution is -2.22. The van der Waals surface area contributed by atoms with Gasteiger partial charge in [-0.2, -0.15) is 0 Å². The van der Waals surface area contributed by atoms with Gasteiger partial charge in [-0.25, -0.2) is 4.39 Å². The summed E-state index contributed by atoms with van der Waals surface area (Å²) < 4.78 is 19.2. The van der Waals surface area contributed by atoms with Crippen LogP contribution in [0.1, 0.15) is 25.0 Å². The van der Waals surface area contributed by atoms with Crippen molar-refractivity contribution in [3.63, 3.8) is 0 Å². The van der Waals surface area contributed by atoms with Crippen molar-refractivity contribution in [3.05, 3.63) is 53.7 Å². The van der Waals surface area contributed by atoms with Crippen LogP contribution in [-0.2, 0) is 13.1 Å². The zero-order valence-electron chi connectivity index (χ0n) is 12.2. The maximum Gasteiger partial charge on any atom is 0.146 e. The first-order valence-electron chi connectivity index (χ1n) is 6.80. The van der Waals surface area contributed by atoms with Crippen molar-refractivity contribution < 1.29 is 8.81 Å². The van der Waals surface area contributed by atoms with E-state index in [1.165, 1.54) is 0 Å². The average Bonchev–Trinajstić information content (AvgIpc) is 2.89. The van der Waals surface area contributed by atoms with Gasteiger partial charge in [0.2, 0.25) is 0 Å². The highest BCUT2D eigenvalue weighted by atomic mass is 19.1. The molecule has 0 bridgehead atoms. The molecule has 20 heavy (non-hydrogen) atoms. The van der Waals surface area contributed by atoms with Gasteiger partial charge in [0.15, 0.2) is 0 Å². The van der Waals surface area contributed by atoms with Gasteiger partial charge in [-0.3, -0.25) is 0 Å². The molecule has 1 heterocycles. The summed E-state index contributed by atoms with van der Waals surface area (Å²) in [5.41, 5.74) is 2.58. The standard InChI is InChI=1S/C16H21FN2O/c1-12(2)18-9-13-4-5-16(15(17)8-13)19(3)10-14-6-7-20-11-14/h4-8,11-12,18H,9-10H2,1-3H3. The van der Waals surface area contributed by atoms with E-state index < -0.39 is 0 Å². The number of rotatable bonds is 6. The van der Waals surface area contributed by atoms with Crippen molar-refractivity contribution in [3.8, 4) is 0 Å². The third kappa shape index (κ3) is 3.84. The molecule has 3 nitrogen and oxygen atoms in total. The van der Waals surface area contributed by atoms with Crippen LogP contribution in [0.2, 0.25) is 0 Å². The maximum atomic E-state index is 14.2. The maximum absolute atomic E-state index is 14.2. The Bertz CT molecular complexity index is 537. The van der Waals surface area contributed by atoms with Crippen LogP contribution in [0.3, 0.4) is 0 Å². The Morgan fingerprint density at radius 2 is 2.05 bits per heavy atom. The predicted octanol–water partition coefficient (Wildman–Crippen LogP) is 3.55. The van der Waals surface area contributed by atoms with Crippen molar-refractivity contribution in [2.75, 3.05) is 11.9 Å². The van der Waals surface area contributed by atoms with E-state index in [0.717, 1.165) is 11.1 Å². The first-order valence-corrected chi connectivity index (χ1v) is 6.80. The fourth-order valence-electron chi connectivity index (χ4n) is 2.03. The zero-order valence-corrected chi connectivity index (χ0v) is 12.2. The number of hydrogen-bond donors (Lipinski definition) is 1. The van der Waals surface area contributed by atoms with Crippen LogP contribution < -0.4 is 10.2 Å². The smallest absolute Gasteiger partial charge is 0.146 e. The Morgan fingerprint density at radius 3 is 2.65 bits per heavy atom. The predicted molar refractivity (Wildman–Crippen MR) is 79.2 cm³/mol.